The number of nitrogens with one attached hydrogen (secondary N) is 1. The van der Waals surface area contributed by atoms with Crippen molar-refractivity contribution in [2.75, 3.05) is 12.4 Å². The minimum atomic E-state index is -0.555. The van der Waals surface area contributed by atoms with Gasteiger partial charge >= 0.3 is 0 Å². The third-order valence-corrected chi connectivity index (χ3v) is 3.41. The highest BCUT2D eigenvalue weighted by Gasteiger charge is 2.11. The van der Waals surface area contributed by atoms with E-state index in [2.05, 4.69) is 15.5 Å². The molecule has 0 aliphatic heterocycles. The second-order valence-corrected chi connectivity index (χ2v) is 4.97. The lowest BCUT2D eigenvalue weighted by molar-refractivity contribution is 0.102. The van der Waals surface area contributed by atoms with Gasteiger partial charge in [0.05, 0.1) is 18.4 Å². The van der Waals surface area contributed by atoms with Crippen LogP contribution in [0.2, 0.25) is 0 Å². The molecule has 0 saturated carbocycles. The number of benzene rings is 2. The SMILES string of the molecule is COc1ccc(-c2ccc(NC(=O)c3ccccc3F)cc2)nn1. The van der Waals surface area contributed by atoms with Crippen molar-refractivity contribution >= 4 is 11.6 Å². The number of hydrogen-bond donors (Lipinski definition) is 1. The monoisotopic (exact) mass is 323 g/mol. The number of ether oxygens (including phenoxy) is 1. The summed E-state index contributed by atoms with van der Waals surface area (Å²) in [5.74, 6) is -0.613. The molecule has 0 fully saturated rings. The van der Waals surface area contributed by atoms with Gasteiger partial charge in [0, 0.05) is 17.3 Å². The number of anilines is 1. The van der Waals surface area contributed by atoms with Crippen molar-refractivity contribution in [3.8, 4) is 17.1 Å². The lowest BCUT2D eigenvalue weighted by Crippen LogP contribution is -2.13. The number of carbonyl (C=O) groups is 1. The van der Waals surface area contributed by atoms with Crippen LogP contribution in [0, 0.1) is 5.82 Å². The van der Waals surface area contributed by atoms with Crippen LogP contribution in [-0.4, -0.2) is 23.2 Å². The highest BCUT2D eigenvalue weighted by Crippen LogP contribution is 2.20. The normalized spacial score (nSPS) is 10.2. The van der Waals surface area contributed by atoms with E-state index in [1.807, 2.05) is 0 Å². The van der Waals surface area contributed by atoms with Gasteiger partial charge in [0.2, 0.25) is 5.88 Å². The molecule has 5 nitrogen and oxygen atoms in total. The number of hydrogen-bond acceptors (Lipinski definition) is 4. The van der Waals surface area contributed by atoms with Gasteiger partial charge < -0.3 is 10.1 Å². The van der Waals surface area contributed by atoms with E-state index in [0.29, 0.717) is 17.3 Å². The summed E-state index contributed by atoms with van der Waals surface area (Å²) in [6.45, 7) is 0. The molecule has 1 amide bonds. The van der Waals surface area contributed by atoms with Crippen LogP contribution in [0.3, 0.4) is 0 Å². The zero-order valence-corrected chi connectivity index (χ0v) is 12.9. The first-order chi connectivity index (χ1) is 11.7. The van der Waals surface area contributed by atoms with Gasteiger partial charge in [0.1, 0.15) is 5.82 Å². The van der Waals surface area contributed by atoms with Crippen LogP contribution in [0.1, 0.15) is 10.4 Å². The molecule has 0 saturated heterocycles. The van der Waals surface area contributed by atoms with E-state index in [1.54, 1.807) is 42.5 Å². The third-order valence-electron chi connectivity index (χ3n) is 3.41. The second kappa shape index (κ2) is 6.87. The second-order valence-electron chi connectivity index (χ2n) is 4.97. The Labute approximate surface area is 138 Å². The maximum Gasteiger partial charge on any atom is 0.258 e. The molecule has 120 valence electrons. The minimum absolute atomic E-state index is 0.00241. The number of methoxy groups -OCH3 is 1. The lowest BCUT2D eigenvalue weighted by atomic mass is 10.1. The van der Waals surface area contributed by atoms with Crippen molar-refractivity contribution in [3.63, 3.8) is 0 Å². The van der Waals surface area contributed by atoms with Gasteiger partial charge in [-0.1, -0.05) is 24.3 Å². The Balaban J connectivity index is 1.74. The molecular weight excluding hydrogens is 309 g/mol. The summed E-state index contributed by atoms with van der Waals surface area (Å²) in [6.07, 6.45) is 0. The molecular formula is C18H14FN3O2. The van der Waals surface area contributed by atoms with Gasteiger partial charge in [-0.15, -0.1) is 10.2 Å². The Morgan fingerprint density at radius 2 is 1.75 bits per heavy atom. The Morgan fingerprint density at radius 3 is 2.38 bits per heavy atom. The molecule has 2 aromatic carbocycles. The van der Waals surface area contributed by atoms with Crippen molar-refractivity contribution < 1.29 is 13.9 Å². The maximum absolute atomic E-state index is 13.6. The molecule has 0 bridgehead atoms. The van der Waals surface area contributed by atoms with E-state index < -0.39 is 11.7 Å². The van der Waals surface area contributed by atoms with Crippen LogP contribution in [0.5, 0.6) is 5.88 Å². The van der Waals surface area contributed by atoms with Gasteiger partial charge in [-0.25, -0.2) is 4.39 Å². The van der Waals surface area contributed by atoms with E-state index in [9.17, 15) is 9.18 Å². The van der Waals surface area contributed by atoms with Crippen molar-refractivity contribution in [1.29, 1.82) is 0 Å². The summed E-state index contributed by atoms with van der Waals surface area (Å²) >= 11 is 0. The van der Waals surface area contributed by atoms with Gasteiger partial charge in [0.15, 0.2) is 0 Å². The Kier molecular flexibility index (Phi) is 4.47. The average Bonchev–Trinajstić information content (AvgIpc) is 2.63. The maximum atomic E-state index is 13.6. The molecule has 6 heteroatoms. The zero-order valence-electron chi connectivity index (χ0n) is 12.9. The van der Waals surface area contributed by atoms with Gasteiger partial charge in [-0.05, 0) is 30.3 Å². The predicted octanol–water partition coefficient (Wildman–Crippen LogP) is 3.54. The first-order valence-electron chi connectivity index (χ1n) is 7.21. The van der Waals surface area contributed by atoms with E-state index in [-0.39, 0.29) is 5.56 Å². The summed E-state index contributed by atoms with van der Waals surface area (Å²) in [6, 6.07) is 16.4. The van der Waals surface area contributed by atoms with Crippen molar-refractivity contribution in [3.05, 3.63) is 72.0 Å². The summed E-state index contributed by atoms with van der Waals surface area (Å²) in [7, 11) is 1.52. The number of aromatic nitrogens is 2. The van der Waals surface area contributed by atoms with Gasteiger partial charge in [-0.3, -0.25) is 4.79 Å². The number of carbonyl (C=O) groups excluding carboxylic acids is 1. The number of amides is 1. The highest BCUT2D eigenvalue weighted by atomic mass is 19.1. The summed E-state index contributed by atoms with van der Waals surface area (Å²) < 4.78 is 18.6. The van der Waals surface area contributed by atoms with Crippen LogP contribution < -0.4 is 10.1 Å². The molecule has 3 aromatic rings. The standard InChI is InChI=1S/C18H14FN3O2/c1-24-17-11-10-16(21-22-17)12-6-8-13(9-7-12)20-18(23)14-4-2-3-5-15(14)19/h2-11H,1H3,(H,20,23). The van der Waals surface area contributed by atoms with E-state index in [0.717, 1.165) is 5.56 Å². The van der Waals surface area contributed by atoms with Crippen LogP contribution in [0.25, 0.3) is 11.3 Å². The topological polar surface area (TPSA) is 64.1 Å². The first-order valence-corrected chi connectivity index (χ1v) is 7.21. The number of nitrogens with zero attached hydrogens (tertiary/aromatic N) is 2. The molecule has 0 radical (unpaired) electrons. The molecule has 1 N–H and O–H groups in total. The van der Waals surface area contributed by atoms with Crippen molar-refractivity contribution in [2.45, 2.75) is 0 Å². The van der Waals surface area contributed by atoms with Crippen LogP contribution >= 0.6 is 0 Å². The Hall–Kier alpha value is -3.28. The Bertz CT molecular complexity index is 849. The minimum Gasteiger partial charge on any atom is -0.480 e. The molecule has 1 aromatic heterocycles. The summed E-state index contributed by atoms with van der Waals surface area (Å²) in [4.78, 5) is 12.1. The van der Waals surface area contributed by atoms with Crippen LogP contribution in [0.4, 0.5) is 10.1 Å². The molecule has 0 aliphatic rings. The number of rotatable bonds is 4. The van der Waals surface area contributed by atoms with E-state index in [1.165, 1.54) is 25.3 Å². The molecule has 24 heavy (non-hydrogen) atoms. The average molecular weight is 323 g/mol. The Morgan fingerprint density at radius 1 is 1.00 bits per heavy atom. The zero-order chi connectivity index (χ0) is 16.9. The molecule has 0 spiro atoms. The summed E-state index contributed by atoms with van der Waals surface area (Å²) in [5.41, 5.74) is 2.09. The fourth-order valence-electron chi connectivity index (χ4n) is 2.15. The van der Waals surface area contributed by atoms with Crippen molar-refractivity contribution in [2.24, 2.45) is 0 Å². The summed E-state index contributed by atoms with van der Waals surface area (Å²) in [5, 5.41) is 10.6. The van der Waals surface area contributed by atoms with Crippen LogP contribution in [0.15, 0.2) is 60.7 Å². The molecule has 0 unspecified atom stereocenters. The van der Waals surface area contributed by atoms with E-state index >= 15 is 0 Å². The molecule has 0 atom stereocenters. The largest absolute Gasteiger partial charge is 0.480 e. The smallest absolute Gasteiger partial charge is 0.258 e. The van der Waals surface area contributed by atoms with Gasteiger partial charge in [0.25, 0.3) is 5.91 Å². The fourth-order valence-corrected chi connectivity index (χ4v) is 2.15. The lowest BCUT2D eigenvalue weighted by Gasteiger charge is -2.07. The van der Waals surface area contributed by atoms with E-state index in [4.69, 9.17) is 4.74 Å². The molecule has 3 rings (SSSR count). The molecule has 0 aliphatic carbocycles. The first kappa shape index (κ1) is 15.6. The van der Waals surface area contributed by atoms with Crippen molar-refractivity contribution in [1.82, 2.24) is 10.2 Å². The van der Waals surface area contributed by atoms with Crippen LogP contribution in [-0.2, 0) is 0 Å². The van der Waals surface area contributed by atoms with Gasteiger partial charge in [-0.2, -0.15) is 0 Å². The highest BCUT2D eigenvalue weighted by molar-refractivity contribution is 6.04. The quantitative estimate of drug-likeness (QED) is 0.797. The third kappa shape index (κ3) is 3.38. The molecule has 1 heterocycles. The fraction of sp³-hybridized carbons (Fsp3) is 0.0556. The number of halogens is 1. The predicted molar refractivity (Wildman–Crippen MR) is 88.4 cm³/mol.